The zero-order valence-electron chi connectivity index (χ0n) is 17.5. The number of oxime groups is 1. The number of carbonyl (C=O) groups excluding carboxylic acids is 2. The van der Waals surface area contributed by atoms with E-state index in [0.29, 0.717) is 25.8 Å². The lowest BCUT2D eigenvalue weighted by atomic mass is 10.1. The number of guanidine groups is 1. The van der Waals surface area contributed by atoms with Gasteiger partial charge < -0.3 is 36.8 Å². The van der Waals surface area contributed by atoms with E-state index in [9.17, 15) is 19.5 Å². The Morgan fingerprint density at radius 2 is 2.03 bits per heavy atom. The van der Waals surface area contributed by atoms with Gasteiger partial charge in [0.2, 0.25) is 5.91 Å². The van der Waals surface area contributed by atoms with Gasteiger partial charge in [-0.25, -0.2) is 9.59 Å². The summed E-state index contributed by atoms with van der Waals surface area (Å²) < 4.78 is 5.00. The molecule has 0 bridgehead atoms. The number of benzene rings is 1. The topological polar surface area (TPSA) is 191 Å². The van der Waals surface area contributed by atoms with E-state index in [-0.39, 0.29) is 37.5 Å². The van der Waals surface area contributed by atoms with Crippen LogP contribution in [0.4, 0.5) is 4.79 Å². The van der Waals surface area contributed by atoms with Crippen molar-refractivity contribution in [1.82, 2.24) is 10.6 Å². The molecule has 1 aromatic carbocycles. The molecule has 0 saturated carbocycles. The predicted octanol–water partition coefficient (Wildman–Crippen LogP) is 0.0708. The van der Waals surface area contributed by atoms with E-state index in [1.807, 2.05) is 6.07 Å². The Kier molecular flexibility index (Phi) is 9.75. The Balaban J connectivity index is 1.65. The average molecular weight is 448 g/mol. The number of nitrogens with zero attached hydrogens (tertiary/aromatic N) is 2. The van der Waals surface area contributed by atoms with Crippen LogP contribution in [0.1, 0.15) is 31.2 Å². The number of amides is 2. The normalized spacial score (nSPS) is 15.6. The Bertz CT molecular complexity index is 840. The molecule has 12 nitrogen and oxygen atoms in total. The van der Waals surface area contributed by atoms with E-state index < -0.39 is 18.1 Å². The van der Waals surface area contributed by atoms with Crippen LogP contribution in [-0.4, -0.2) is 60.0 Å². The van der Waals surface area contributed by atoms with Gasteiger partial charge in [0.1, 0.15) is 18.8 Å². The minimum Gasteiger partial charge on any atom is -0.480 e. The number of alkyl carbamates (subject to hydrolysis) is 1. The molecule has 1 unspecified atom stereocenters. The number of carboxylic acids is 1. The van der Waals surface area contributed by atoms with Crippen molar-refractivity contribution in [2.75, 3.05) is 13.1 Å². The van der Waals surface area contributed by atoms with E-state index in [0.717, 1.165) is 11.3 Å². The molecule has 0 fully saturated rings. The lowest BCUT2D eigenvalue weighted by molar-refractivity contribution is -0.139. The minimum atomic E-state index is -1.32. The maximum Gasteiger partial charge on any atom is 0.408 e. The number of ether oxygens (including phenoxy) is 1. The van der Waals surface area contributed by atoms with Crippen LogP contribution < -0.4 is 22.1 Å². The quantitative estimate of drug-likeness (QED) is 0.219. The number of hydrogen-bond donors (Lipinski definition) is 5. The fourth-order valence-corrected chi connectivity index (χ4v) is 2.81. The summed E-state index contributed by atoms with van der Waals surface area (Å²) in [4.78, 5) is 44.5. The molecule has 2 rings (SSSR count). The molecule has 0 saturated heterocycles. The van der Waals surface area contributed by atoms with Crippen LogP contribution in [0.15, 0.2) is 40.5 Å². The lowest BCUT2D eigenvalue weighted by Crippen LogP contribution is -2.48. The van der Waals surface area contributed by atoms with Gasteiger partial charge in [-0.1, -0.05) is 35.5 Å². The molecule has 0 spiro atoms. The van der Waals surface area contributed by atoms with Crippen molar-refractivity contribution < 1.29 is 29.1 Å². The van der Waals surface area contributed by atoms with Gasteiger partial charge in [-0.15, -0.1) is 0 Å². The van der Waals surface area contributed by atoms with Crippen LogP contribution in [0.25, 0.3) is 0 Å². The van der Waals surface area contributed by atoms with Gasteiger partial charge in [0.15, 0.2) is 5.96 Å². The first-order valence-electron chi connectivity index (χ1n) is 10.1. The highest BCUT2D eigenvalue weighted by molar-refractivity contribution is 5.86. The van der Waals surface area contributed by atoms with Crippen LogP contribution in [0.5, 0.6) is 0 Å². The largest absolute Gasteiger partial charge is 0.480 e. The zero-order chi connectivity index (χ0) is 23.3. The number of carboxylic acid groups (broad SMARTS) is 1. The molecule has 1 aliphatic rings. The highest BCUT2D eigenvalue weighted by Gasteiger charge is 2.24. The number of rotatable bonds is 12. The van der Waals surface area contributed by atoms with Gasteiger partial charge in [-0.3, -0.25) is 9.79 Å². The Morgan fingerprint density at radius 3 is 2.72 bits per heavy atom. The maximum absolute atomic E-state index is 12.1. The zero-order valence-corrected chi connectivity index (χ0v) is 17.5. The fourth-order valence-electron chi connectivity index (χ4n) is 2.81. The van der Waals surface area contributed by atoms with Crippen molar-refractivity contribution in [2.24, 2.45) is 21.6 Å². The molecule has 0 radical (unpaired) electrons. The van der Waals surface area contributed by atoms with E-state index in [4.69, 9.17) is 21.0 Å². The van der Waals surface area contributed by atoms with Crippen LogP contribution in [0.3, 0.4) is 0 Å². The number of hydrogen-bond acceptors (Lipinski definition) is 7. The summed E-state index contributed by atoms with van der Waals surface area (Å²) in [6.07, 6.45) is 0.529. The predicted molar refractivity (Wildman–Crippen MR) is 116 cm³/mol. The molecule has 1 heterocycles. The van der Waals surface area contributed by atoms with Gasteiger partial charge in [-0.05, 0) is 12.0 Å². The fraction of sp³-hybridized carbons (Fsp3) is 0.450. The monoisotopic (exact) mass is 448 g/mol. The smallest absolute Gasteiger partial charge is 0.408 e. The first kappa shape index (κ1) is 24.4. The number of carbonyl (C=O) groups is 3. The Morgan fingerprint density at radius 1 is 1.28 bits per heavy atom. The molecule has 2 atom stereocenters. The second-order valence-corrected chi connectivity index (χ2v) is 7.09. The van der Waals surface area contributed by atoms with Crippen LogP contribution in [0, 0.1) is 0 Å². The van der Waals surface area contributed by atoms with Gasteiger partial charge in [0, 0.05) is 32.4 Å². The Labute approximate surface area is 185 Å². The number of aliphatic carboxylic acids is 1. The first-order chi connectivity index (χ1) is 15.3. The van der Waals surface area contributed by atoms with Crippen molar-refractivity contribution in [3.8, 4) is 0 Å². The van der Waals surface area contributed by atoms with Crippen LogP contribution >= 0.6 is 0 Å². The molecule has 1 aromatic rings. The molecule has 0 aliphatic carbocycles. The lowest BCUT2D eigenvalue weighted by Gasteiger charge is -2.16. The highest BCUT2D eigenvalue weighted by Crippen LogP contribution is 2.17. The molecule has 32 heavy (non-hydrogen) atoms. The molecule has 1 aliphatic heterocycles. The number of nitrogens with two attached hydrogens (primary N) is 2. The molecule has 174 valence electrons. The molecular weight excluding hydrogens is 420 g/mol. The number of aliphatic imine (C=N–C) groups is 1. The van der Waals surface area contributed by atoms with Crippen molar-refractivity contribution in [3.63, 3.8) is 0 Å². The summed E-state index contributed by atoms with van der Waals surface area (Å²) in [5, 5.41) is 18.0. The van der Waals surface area contributed by atoms with Crippen molar-refractivity contribution in [1.29, 1.82) is 0 Å². The van der Waals surface area contributed by atoms with Gasteiger partial charge in [0.25, 0.3) is 0 Å². The summed E-state index contributed by atoms with van der Waals surface area (Å²) in [5.41, 5.74) is 12.1. The summed E-state index contributed by atoms with van der Waals surface area (Å²) in [5.74, 6) is -1.65. The van der Waals surface area contributed by atoms with E-state index in [2.05, 4.69) is 20.8 Å². The highest BCUT2D eigenvalue weighted by atomic mass is 16.6. The van der Waals surface area contributed by atoms with Crippen molar-refractivity contribution >= 4 is 29.6 Å². The third kappa shape index (κ3) is 9.32. The van der Waals surface area contributed by atoms with Crippen molar-refractivity contribution in [3.05, 3.63) is 35.9 Å². The molecule has 0 aromatic heterocycles. The molecule has 12 heteroatoms. The second kappa shape index (κ2) is 12.8. The Hall–Kier alpha value is -3.83. The summed E-state index contributed by atoms with van der Waals surface area (Å²) in [6.45, 7) is 0.137. The molecule has 7 N–H and O–H groups in total. The van der Waals surface area contributed by atoms with Gasteiger partial charge in [0.05, 0.1) is 5.71 Å². The summed E-state index contributed by atoms with van der Waals surface area (Å²) in [6, 6.07) is 7.63. The minimum absolute atomic E-state index is 0.00275. The molecular formula is C20H28N6O6. The van der Waals surface area contributed by atoms with Crippen LogP contribution in [-0.2, 0) is 25.8 Å². The molecule has 2 amide bonds. The number of nitrogens with one attached hydrogen (secondary N) is 2. The SMILES string of the molecule is NC(N)=NCCC1=NOC(CCC(=O)NC[C@H](NC(=O)OCc2ccccc2)C(=O)O)C1. The summed E-state index contributed by atoms with van der Waals surface area (Å²) >= 11 is 0. The standard InChI is InChI=1S/C20H28N6O6/c21-19(22)23-9-8-14-10-15(32-26-14)6-7-17(27)24-11-16(18(28)29)25-20(30)31-12-13-4-2-1-3-5-13/h1-5,15-16H,6-12H2,(H,24,27)(H,25,30)(H,28,29)(H4,21,22,23)/t15?,16-/m0/s1. The van der Waals surface area contributed by atoms with E-state index in [1.165, 1.54) is 0 Å². The average Bonchev–Trinajstić information content (AvgIpc) is 3.21. The van der Waals surface area contributed by atoms with E-state index in [1.54, 1.807) is 24.3 Å². The van der Waals surface area contributed by atoms with Gasteiger partial charge >= 0.3 is 12.1 Å². The van der Waals surface area contributed by atoms with E-state index >= 15 is 0 Å². The second-order valence-electron chi connectivity index (χ2n) is 7.09. The van der Waals surface area contributed by atoms with Crippen molar-refractivity contribution in [2.45, 2.75) is 44.4 Å². The van der Waals surface area contributed by atoms with Gasteiger partial charge in [-0.2, -0.15) is 0 Å². The van der Waals surface area contributed by atoms with Crippen LogP contribution in [0.2, 0.25) is 0 Å². The third-order valence-electron chi connectivity index (χ3n) is 4.49. The first-order valence-corrected chi connectivity index (χ1v) is 10.1. The third-order valence-corrected chi connectivity index (χ3v) is 4.49. The summed E-state index contributed by atoms with van der Waals surface area (Å²) in [7, 11) is 0. The maximum atomic E-state index is 12.1.